The summed E-state index contributed by atoms with van der Waals surface area (Å²) in [6.07, 6.45) is 5.27. The van der Waals surface area contributed by atoms with Crippen LogP contribution in [0.15, 0.2) is 18.2 Å². The van der Waals surface area contributed by atoms with Gasteiger partial charge in [-0.25, -0.2) is 9.37 Å². The van der Waals surface area contributed by atoms with Gasteiger partial charge in [-0.3, -0.25) is 4.90 Å². The van der Waals surface area contributed by atoms with Crippen LogP contribution >= 0.6 is 23.7 Å². The Morgan fingerprint density at radius 1 is 1.26 bits per heavy atom. The van der Waals surface area contributed by atoms with E-state index in [4.69, 9.17) is 0 Å². The predicted octanol–water partition coefficient (Wildman–Crippen LogP) is 3.82. The molecule has 0 spiro atoms. The predicted molar refractivity (Wildman–Crippen MR) is 95.9 cm³/mol. The Morgan fingerprint density at radius 2 is 2.09 bits per heavy atom. The first-order chi connectivity index (χ1) is 10.8. The molecule has 6 heteroatoms. The van der Waals surface area contributed by atoms with Gasteiger partial charge in [-0.1, -0.05) is 0 Å². The fraction of sp³-hybridized carbons (Fsp3) is 0.588. The first kappa shape index (κ1) is 17.1. The second-order valence-corrected chi connectivity index (χ2v) is 7.65. The Labute approximate surface area is 146 Å². The summed E-state index contributed by atoms with van der Waals surface area (Å²) in [5, 5.41) is 4.76. The van der Waals surface area contributed by atoms with Crippen molar-refractivity contribution in [2.75, 3.05) is 19.6 Å². The highest BCUT2D eigenvalue weighted by Gasteiger charge is 2.28. The lowest BCUT2D eigenvalue weighted by atomic mass is 9.88. The van der Waals surface area contributed by atoms with E-state index in [-0.39, 0.29) is 18.2 Å². The van der Waals surface area contributed by atoms with Crippen LogP contribution in [-0.4, -0.2) is 35.6 Å². The summed E-state index contributed by atoms with van der Waals surface area (Å²) in [5.74, 6) is 0.677. The number of fused-ring (bicyclic) bond motifs is 1. The van der Waals surface area contributed by atoms with Crippen molar-refractivity contribution in [2.24, 2.45) is 5.92 Å². The molecular weight excluding hydrogens is 333 g/mol. The Balaban J connectivity index is 0.00000156. The minimum Gasteiger partial charge on any atom is -0.314 e. The van der Waals surface area contributed by atoms with Gasteiger partial charge in [-0.05, 0) is 69.4 Å². The third-order valence-electron chi connectivity index (χ3n) is 5.05. The normalized spacial score (nSPS) is 23.3. The van der Waals surface area contributed by atoms with E-state index < -0.39 is 0 Å². The van der Waals surface area contributed by atoms with Gasteiger partial charge in [0.2, 0.25) is 0 Å². The van der Waals surface area contributed by atoms with E-state index in [2.05, 4.69) is 15.2 Å². The Kier molecular flexibility index (Phi) is 5.52. The molecule has 1 aromatic carbocycles. The average Bonchev–Trinajstić information content (AvgIpc) is 3.16. The number of nitrogens with one attached hydrogen (secondary N) is 1. The summed E-state index contributed by atoms with van der Waals surface area (Å²) < 4.78 is 14.2. The number of benzene rings is 1. The van der Waals surface area contributed by atoms with Crippen molar-refractivity contribution in [2.45, 2.75) is 38.3 Å². The van der Waals surface area contributed by atoms with Crippen LogP contribution in [0.5, 0.6) is 0 Å². The van der Waals surface area contributed by atoms with Gasteiger partial charge >= 0.3 is 0 Å². The highest BCUT2D eigenvalue weighted by atomic mass is 35.5. The van der Waals surface area contributed by atoms with E-state index in [9.17, 15) is 4.39 Å². The Hall–Kier alpha value is -0.750. The van der Waals surface area contributed by atoms with E-state index in [1.54, 1.807) is 23.5 Å². The van der Waals surface area contributed by atoms with Crippen molar-refractivity contribution in [3.63, 3.8) is 0 Å². The van der Waals surface area contributed by atoms with Gasteiger partial charge in [-0.2, -0.15) is 0 Å². The molecule has 23 heavy (non-hydrogen) atoms. The molecule has 1 atom stereocenters. The van der Waals surface area contributed by atoms with Gasteiger partial charge in [0, 0.05) is 6.04 Å². The monoisotopic (exact) mass is 355 g/mol. The van der Waals surface area contributed by atoms with Crippen molar-refractivity contribution in [1.29, 1.82) is 0 Å². The van der Waals surface area contributed by atoms with Crippen LogP contribution in [0.2, 0.25) is 0 Å². The first-order valence-electron chi connectivity index (χ1n) is 8.29. The van der Waals surface area contributed by atoms with E-state index >= 15 is 0 Å². The number of thiazole rings is 1. The van der Waals surface area contributed by atoms with Crippen LogP contribution < -0.4 is 5.32 Å². The molecule has 2 saturated heterocycles. The Bertz CT molecular complexity index is 648. The summed E-state index contributed by atoms with van der Waals surface area (Å²) in [4.78, 5) is 7.14. The molecule has 3 nitrogen and oxygen atoms in total. The molecule has 0 amide bonds. The summed E-state index contributed by atoms with van der Waals surface area (Å²) >= 11 is 1.63. The van der Waals surface area contributed by atoms with Gasteiger partial charge in [0.25, 0.3) is 0 Å². The minimum atomic E-state index is -0.174. The molecule has 4 rings (SSSR count). The molecule has 0 saturated carbocycles. The Morgan fingerprint density at radius 3 is 2.83 bits per heavy atom. The minimum absolute atomic E-state index is 0. The number of nitrogens with zero attached hydrogens (tertiary/aromatic N) is 2. The van der Waals surface area contributed by atoms with Gasteiger partial charge in [-0.15, -0.1) is 23.7 Å². The van der Waals surface area contributed by atoms with Gasteiger partial charge in [0.1, 0.15) is 10.8 Å². The molecule has 2 aromatic rings. The number of halogens is 2. The van der Waals surface area contributed by atoms with Crippen LogP contribution in [0.25, 0.3) is 10.2 Å². The standard InChI is InChI=1S/C17H22FN3S.ClH/c18-13-3-4-15-16(10-13)22-17(20-15)11-21-8-5-12(6-9-21)14-2-1-7-19-14;/h3-4,10,12,14,19H,1-2,5-9,11H2;1H. The van der Waals surface area contributed by atoms with E-state index in [1.807, 2.05) is 0 Å². The van der Waals surface area contributed by atoms with Gasteiger partial charge in [0.05, 0.1) is 16.8 Å². The smallest absolute Gasteiger partial charge is 0.124 e. The third-order valence-corrected chi connectivity index (χ3v) is 6.06. The molecule has 1 N–H and O–H groups in total. The zero-order chi connectivity index (χ0) is 14.9. The second-order valence-electron chi connectivity index (χ2n) is 6.54. The number of aromatic nitrogens is 1. The molecule has 3 heterocycles. The molecule has 1 aromatic heterocycles. The maximum absolute atomic E-state index is 13.3. The van der Waals surface area contributed by atoms with Crippen LogP contribution in [0.3, 0.4) is 0 Å². The third kappa shape index (κ3) is 3.85. The molecule has 0 radical (unpaired) electrons. The van der Waals surface area contributed by atoms with E-state index in [1.165, 1.54) is 38.3 Å². The fourth-order valence-corrected chi connectivity index (χ4v) is 4.87. The van der Waals surface area contributed by atoms with Crippen molar-refractivity contribution in [3.8, 4) is 0 Å². The highest BCUT2D eigenvalue weighted by molar-refractivity contribution is 7.18. The lowest BCUT2D eigenvalue weighted by Gasteiger charge is -2.34. The van der Waals surface area contributed by atoms with Crippen LogP contribution in [0.1, 0.15) is 30.7 Å². The fourth-order valence-electron chi connectivity index (χ4n) is 3.83. The summed E-state index contributed by atoms with van der Waals surface area (Å²) in [5.41, 5.74) is 0.923. The number of likely N-dealkylation sites (tertiary alicyclic amines) is 1. The average molecular weight is 356 g/mol. The topological polar surface area (TPSA) is 28.2 Å². The summed E-state index contributed by atoms with van der Waals surface area (Å²) in [6, 6.07) is 5.62. The zero-order valence-electron chi connectivity index (χ0n) is 13.1. The quantitative estimate of drug-likeness (QED) is 0.907. The maximum atomic E-state index is 13.3. The van der Waals surface area contributed by atoms with Crippen LogP contribution in [0.4, 0.5) is 4.39 Å². The highest BCUT2D eigenvalue weighted by Crippen LogP contribution is 2.28. The van der Waals surface area contributed by atoms with E-state index in [0.717, 1.165) is 46.8 Å². The first-order valence-corrected chi connectivity index (χ1v) is 9.10. The molecule has 2 fully saturated rings. The van der Waals surface area contributed by atoms with Crippen LogP contribution in [0, 0.1) is 11.7 Å². The lowest BCUT2D eigenvalue weighted by Crippen LogP contribution is -2.40. The molecule has 2 aliphatic rings. The molecule has 1 unspecified atom stereocenters. The largest absolute Gasteiger partial charge is 0.314 e. The molecule has 2 aliphatic heterocycles. The van der Waals surface area contributed by atoms with Gasteiger partial charge in [0.15, 0.2) is 0 Å². The molecule has 126 valence electrons. The number of rotatable bonds is 3. The van der Waals surface area contributed by atoms with Crippen molar-refractivity contribution >= 4 is 34.0 Å². The summed E-state index contributed by atoms with van der Waals surface area (Å²) in [6.45, 7) is 4.43. The lowest BCUT2D eigenvalue weighted by molar-refractivity contribution is 0.157. The van der Waals surface area contributed by atoms with Crippen molar-refractivity contribution in [1.82, 2.24) is 15.2 Å². The molecular formula is C17H23ClFN3S. The zero-order valence-corrected chi connectivity index (χ0v) is 14.8. The van der Waals surface area contributed by atoms with Crippen LogP contribution in [-0.2, 0) is 6.54 Å². The SMILES string of the molecule is Cl.Fc1ccc2nc(CN3CCC(C4CCCN4)CC3)sc2c1. The maximum Gasteiger partial charge on any atom is 0.124 e. The van der Waals surface area contributed by atoms with Crippen molar-refractivity contribution < 1.29 is 4.39 Å². The molecule has 0 bridgehead atoms. The second kappa shape index (κ2) is 7.43. The number of piperidine rings is 1. The number of hydrogen-bond acceptors (Lipinski definition) is 4. The molecule has 0 aliphatic carbocycles. The van der Waals surface area contributed by atoms with Gasteiger partial charge < -0.3 is 5.32 Å². The number of hydrogen-bond donors (Lipinski definition) is 1. The van der Waals surface area contributed by atoms with E-state index in [0.29, 0.717) is 0 Å². The van der Waals surface area contributed by atoms with Crippen molar-refractivity contribution in [3.05, 3.63) is 29.0 Å². The summed E-state index contributed by atoms with van der Waals surface area (Å²) in [7, 11) is 0.